The lowest BCUT2D eigenvalue weighted by atomic mass is 10.1. The van der Waals surface area contributed by atoms with Gasteiger partial charge in [0, 0.05) is 19.1 Å². The summed E-state index contributed by atoms with van der Waals surface area (Å²) in [4.78, 5) is 16.8. The van der Waals surface area contributed by atoms with Crippen LogP contribution in [0.3, 0.4) is 0 Å². The number of aliphatic imine (C=N–C) groups is 1. The predicted octanol–water partition coefficient (Wildman–Crippen LogP) is 3.11. The van der Waals surface area contributed by atoms with Crippen LogP contribution in [-0.4, -0.2) is 31.0 Å². The van der Waals surface area contributed by atoms with Crippen molar-refractivity contribution in [3.8, 4) is 0 Å². The number of nitrogens with zero attached hydrogens (tertiary/aromatic N) is 1. The Bertz CT molecular complexity index is 470. The highest BCUT2D eigenvalue weighted by Gasteiger charge is 2.12. The Hall–Kier alpha value is -0.830. The molecule has 1 aliphatic carbocycles. The van der Waals surface area contributed by atoms with Crippen molar-refractivity contribution in [2.75, 3.05) is 13.1 Å². The third-order valence-corrected chi connectivity index (χ3v) is 4.72. The molecule has 1 heterocycles. The van der Waals surface area contributed by atoms with E-state index in [1.807, 2.05) is 17.5 Å². The fourth-order valence-electron chi connectivity index (χ4n) is 2.65. The van der Waals surface area contributed by atoms with Gasteiger partial charge in [-0.25, -0.2) is 0 Å². The number of thiophene rings is 1. The van der Waals surface area contributed by atoms with E-state index in [9.17, 15) is 4.79 Å². The maximum absolute atomic E-state index is 11.7. The summed E-state index contributed by atoms with van der Waals surface area (Å²) in [5, 5.41) is 8.11. The van der Waals surface area contributed by atoms with Crippen molar-refractivity contribution in [1.29, 1.82) is 0 Å². The molecule has 7 heteroatoms. The number of amides is 1. The summed E-state index contributed by atoms with van der Waals surface area (Å²) in [7, 11) is 0. The van der Waals surface area contributed by atoms with Crippen molar-refractivity contribution >= 4 is 47.2 Å². The monoisotopic (exact) mass is 450 g/mol. The molecule has 0 unspecified atom stereocenters. The van der Waals surface area contributed by atoms with E-state index in [1.165, 1.54) is 49.9 Å². The molecule has 0 aromatic carbocycles. The Labute approximate surface area is 159 Å². The number of guanidine groups is 1. The minimum absolute atomic E-state index is 0. The molecule has 1 aromatic rings. The predicted molar refractivity (Wildman–Crippen MR) is 108 cm³/mol. The van der Waals surface area contributed by atoms with Gasteiger partial charge in [0.2, 0.25) is 0 Å². The molecule has 130 valence electrons. The van der Waals surface area contributed by atoms with E-state index >= 15 is 0 Å². The van der Waals surface area contributed by atoms with E-state index in [0.29, 0.717) is 25.1 Å². The molecule has 23 heavy (non-hydrogen) atoms. The zero-order valence-electron chi connectivity index (χ0n) is 13.4. The fraction of sp³-hybridized carbons (Fsp3) is 0.625. The summed E-state index contributed by atoms with van der Waals surface area (Å²) >= 11 is 1.45. The molecule has 0 atom stereocenters. The molecule has 4 N–H and O–H groups in total. The van der Waals surface area contributed by atoms with Crippen LogP contribution in [0.1, 0.15) is 54.6 Å². The van der Waals surface area contributed by atoms with E-state index < -0.39 is 0 Å². The van der Waals surface area contributed by atoms with Crippen LogP contribution in [-0.2, 0) is 0 Å². The summed E-state index contributed by atoms with van der Waals surface area (Å²) in [5.41, 5.74) is 5.93. The van der Waals surface area contributed by atoms with E-state index in [4.69, 9.17) is 5.73 Å². The molecule has 1 aliphatic rings. The van der Waals surface area contributed by atoms with Crippen LogP contribution in [0.4, 0.5) is 0 Å². The highest BCUT2D eigenvalue weighted by atomic mass is 127. The molecular weight excluding hydrogens is 423 g/mol. The molecule has 0 saturated heterocycles. The molecule has 5 nitrogen and oxygen atoms in total. The zero-order valence-corrected chi connectivity index (χ0v) is 16.6. The first-order valence-corrected chi connectivity index (χ1v) is 9.02. The highest BCUT2D eigenvalue weighted by Crippen LogP contribution is 2.16. The summed E-state index contributed by atoms with van der Waals surface area (Å²) in [5.74, 6) is 0.528. The minimum atomic E-state index is -0.0106. The molecule has 0 radical (unpaired) electrons. The topological polar surface area (TPSA) is 79.5 Å². The quantitative estimate of drug-likeness (QED) is 0.205. The van der Waals surface area contributed by atoms with Gasteiger partial charge in [0.1, 0.15) is 0 Å². The number of hydrogen-bond donors (Lipinski definition) is 3. The Kier molecular flexibility index (Phi) is 10.3. The van der Waals surface area contributed by atoms with Gasteiger partial charge in [0.05, 0.1) is 4.88 Å². The molecule has 1 saturated carbocycles. The van der Waals surface area contributed by atoms with Crippen molar-refractivity contribution in [1.82, 2.24) is 10.6 Å². The lowest BCUT2D eigenvalue weighted by Crippen LogP contribution is -2.40. The molecule has 0 aliphatic heterocycles. The standard InChI is InChI=1S/C16H26N4OS.HI/c17-16(20-13-7-3-1-2-4-8-13)19-11-6-10-18-15(21)14-9-5-12-22-14;/h5,9,12-13H,1-4,6-8,10-11H2,(H,18,21)(H3,17,19,20);1H. The first-order valence-electron chi connectivity index (χ1n) is 8.14. The SMILES string of the molecule is I.NC(=NCCCNC(=O)c1cccs1)NC1CCCCCC1. The average Bonchev–Trinajstić information content (AvgIpc) is 2.93. The van der Waals surface area contributed by atoms with Crippen LogP contribution in [0.2, 0.25) is 0 Å². The second kappa shape index (κ2) is 11.7. The Morgan fingerprint density at radius 3 is 2.70 bits per heavy atom. The molecule has 0 spiro atoms. The smallest absolute Gasteiger partial charge is 0.261 e. The maximum atomic E-state index is 11.7. The van der Waals surface area contributed by atoms with E-state index in [0.717, 1.165) is 11.3 Å². The highest BCUT2D eigenvalue weighted by molar-refractivity contribution is 14.0. The fourth-order valence-corrected chi connectivity index (χ4v) is 3.29. The van der Waals surface area contributed by atoms with Crippen molar-refractivity contribution in [3.63, 3.8) is 0 Å². The molecule has 1 amide bonds. The number of nitrogens with two attached hydrogens (primary N) is 1. The minimum Gasteiger partial charge on any atom is -0.370 e. The number of carbonyl (C=O) groups is 1. The van der Waals surface area contributed by atoms with Gasteiger partial charge < -0.3 is 16.4 Å². The first kappa shape index (κ1) is 20.2. The number of carbonyl (C=O) groups excluding carboxylic acids is 1. The second-order valence-electron chi connectivity index (χ2n) is 5.69. The number of halogens is 1. The second-order valence-corrected chi connectivity index (χ2v) is 6.63. The molecule has 2 rings (SSSR count). The van der Waals surface area contributed by atoms with Gasteiger partial charge in [-0.1, -0.05) is 31.7 Å². The van der Waals surface area contributed by atoms with Crippen LogP contribution < -0.4 is 16.4 Å². The third-order valence-electron chi connectivity index (χ3n) is 3.85. The Balaban J connectivity index is 0.00000264. The number of hydrogen-bond acceptors (Lipinski definition) is 3. The molecule has 1 fully saturated rings. The Morgan fingerprint density at radius 2 is 2.04 bits per heavy atom. The van der Waals surface area contributed by atoms with Gasteiger partial charge >= 0.3 is 0 Å². The van der Waals surface area contributed by atoms with Crippen LogP contribution >= 0.6 is 35.3 Å². The van der Waals surface area contributed by atoms with Crippen molar-refractivity contribution in [3.05, 3.63) is 22.4 Å². The van der Waals surface area contributed by atoms with Crippen LogP contribution in [0.15, 0.2) is 22.5 Å². The maximum Gasteiger partial charge on any atom is 0.261 e. The van der Waals surface area contributed by atoms with Gasteiger partial charge in [-0.2, -0.15) is 0 Å². The molecule has 0 bridgehead atoms. The van der Waals surface area contributed by atoms with Crippen molar-refractivity contribution < 1.29 is 4.79 Å². The number of rotatable bonds is 6. The van der Waals surface area contributed by atoms with Crippen molar-refractivity contribution in [2.45, 2.75) is 51.0 Å². The average molecular weight is 450 g/mol. The van der Waals surface area contributed by atoms with Gasteiger partial charge in [-0.3, -0.25) is 9.79 Å². The van der Waals surface area contributed by atoms with E-state index in [-0.39, 0.29) is 29.9 Å². The van der Waals surface area contributed by atoms with E-state index in [2.05, 4.69) is 15.6 Å². The van der Waals surface area contributed by atoms with Crippen LogP contribution in [0, 0.1) is 0 Å². The summed E-state index contributed by atoms with van der Waals surface area (Å²) < 4.78 is 0. The lowest BCUT2D eigenvalue weighted by molar-refractivity contribution is 0.0957. The van der Waals surface area contributed by atoms with Gasteiger partial charge in [-0.15, -0.1) is 35.3 Å². The van der Waals surface area contributed by atoms with Crippen LogP contribution in [0.25, 0.3) is 0 Å². The third kappa shape index (κ3) is 8.01. The first-order chi connectivity index (χ1) is 10.8. The van der Waals surface area contributed by atoms with Gasteiger partial charge in [0.15, 0.2) is 5.96 Å². The molecule has 1 aromatic heterocycles. The number of nitrogens with one attached hydrogen (secondary N) is 2. The van der Waals surface area contributed by atoms with E-state index in [1.54, 1.807) is 0 Å². The van der Waals surface area contributed by atoms with Crippen LogP contribution in [0.5, 0.6) is 0 Å². The zero-order chi connectivity index (χ0) is 15.6. The summed E-state index contributed by atoms with van der Waals surface area (Å²) in [6.07, 6.45) is 8.39. The van der Waals surface area contributed by atoms with Gasteiger partial charge in [-0.05, 0) is 30.7 Å². The summed E-state index contributed by atoms with van der Waals surface area (Å²) in [6.45, 7) is 1.26. The Morgan fingerprint density at radius 1 is 1.30 bits per heavy atom. The normalized spacial score (nSPS) is 16.3. The van der Waals surface area contributed by atoms with Gasteiger partial charge in [0.25, 0.3) is 5.91 Å². The lowest BCUT2D eigenvalue weighted by Gasteiger charge is -2.16. The largest absolute Gasteiger partial charge is 0.370 e. The molecular formula is C16H27IN4OS. The van der Waals surface area contributed by atoms with Crippen molar-refractivity contribution in [2.24, 2.45) is 10.7 Å². The summed E-state index contributed by atoms with van der Waals surface area (Å²) in [6, 6.07) is 4.18.